The predicted octanol–water partition coefficient (Wildman–Crippen LogP) is 2.44. The maximum absolute atomic E-state index is 12.0. The van der Waals surface area contributed by atoms with Crippen LogP contribution in [0, 0.1) is 0 Å². The Hall–Kier alpha value is -2.41. The van der Waals surface area contributed by atoms with Crippen LogP contribution in [0.4, 0.5) is 4.79 Å². The van der Waals surface area contributed by atoms with Gasteiger partial charge < -0.3 is 15.2 Å². The molecule has 0 atom stereocenters. The molecule has 1 aromatic carbocycles. The summed E-state index contributed by atoms with van der Waals surface area (Å²) in [5.74, 6) is 1.85. The Balaban J connectivity index is 1.33. The molecule has 0 spiro atoms. The predicted molar refractivity (Wildman–Crippen MR) is 89.2 cm³/mol. The van der Waals surface area contributed by atoms with Crippen molar-refractivity contribution in [3.05, 3.63) is 46.9 Å². The lowest BCUT2D eigenvalue weighted by atomic mass is 10.2. The van der Waals surface area contributed by atoms with Crippen molar-refractivity contribution in [1.29, 1.82) is 0 Å². The van der Waals surface area contributed by atoms with Crippen LogP contribution in [0.3, 0.4) is 0 Å². The maximum atomic E-state index is 12.0. The van der Waals surface area contributed by atoms with Gasteiger partial charge in [0.25, 0.3) is 0 Å². The van der Waals surface area contributed by atoms with Gasteiger partial charge in [-0.25, -0.2) is 4.79 Å². The summed E-state index contributed by atoms with van der Waals surface area (Å²) in [6, 6.07) is 8.04. The van der Waals surface area contributed by atoms with E-state index in [9.17, 15) is 4.79 Å². The number of amides is 2. The molecule has 4 rings (SSSR count). The highest BCUT2D eigenvalue weighted by atomic mass is 32.1. The lowest BCUT2D eigenvalue weighted by Gasteiger charge is -2.07. The van der Waals surface area contributed by atoms with E-state index in [1.54, 1.807) is 11.3 Å². The van der Waals surface area contributed by atoms with Crippen LogP contribution in [0.2, 0.25) is 0 Å². The first-order valence-electron chi connectivity index (χ1n) is 7.69. The summed E-state index contributed by atoms with van der Waals surface area (Å²) in [6.07, 6.45) is 2.08. The number of hydrogen-bond acceptors (Lipinski definition) is 4. The summed E-state index contributed by atoms with van der Waals surface area (Å²) in [5, 5.41) is 17.3. The number of hydrogen-bond donors (Lipinski definition) is 2. The molecule has 0 aliphatic carbocycles. The summed E-state index contributed by atoms with van der Waals surface area (Å²) in [7, 11) is 0. The summed E-state index contributed by atoms with van der Waals surface area (Å²) in [6.45, 7) is 1.87. The zero-order valence-corrected chi connectivity index (χ0v) is 13.4. The van der Waals surface area contributed by atoms with Crippen LogP contribution in [0.5, 0.6) is 0 Å². The molecule has 1 aliphatic heterocycles. The monoisotopic (exact) mass is 327 g/mol. The second-order valence-corrected chi connectivity index (χ2v) is 6.49. The van der Waals surface area contributed by atoms with Gasteiger partial charge in [-0.3, -0.25) is 0 Å². The van der Waals surface area contributed by atoms with Crippen LogP contribution in [-0.4, -0.2) is 20.8 Å². The van der Waals surface area contributed by atoms with Gasteiger partial charge in [0.1, 0.15) is 5.82 Å². The number of nitrogens with zero attached hydrogens (tertiary/aromatic N) is 3. The van der Waals surface area contributed by atoms with Crippen LogP contribution in [-0.2, 0) is 26.1 Å². The van der Waals surface area contributed by atoms with Crippen molar-refractivity contribution in [2.24, 2.45) is 0 Å². The summed E-state index contributed by atoms with van der Waals surface area (Å²) < 4.78 is 3.33. The lowest BCUT2D eigenvalue weighted by Crippen LogP contribution is -2.35. The molecule has 2 amide bonds. The van der Waals surface area contributed by atoms with E-state index in [1.807, 2.05) is 12.1 Å². The normalized spacial score (nSPS) is 13.2. The van der Waals surface area contributed by atoms with Crippen LogP contribution < -0.4 is 10.6 Å². The molecular weight excluding hydrogens is 310 g/mol. The van der Waals surface area contributed by atoms with Crippen LogP contribution >= 0.6 is 11.3 Å². The van der Waals surface area contributed by atoms with E-state index in [1.165, 1.54) is 10.1 Å². The van der Waals surface area contributed by atoms with Gasteiger partial charge in [-0.05, 0) is 28.8 Å². The Bertz CT molecular complexity index is 853. The fourth-order valence-electron chi connectivity index (χ4n) is 2.91. The first kappa shape index (κ1) is 14.2. The molecule has 1 aliphatic rings. The van der Waals surface area contributed by atoms with Gasteiger partial charge in [0.05, 0.1) is 6.54 Å². The minimum absolute atomic E-state index is 0.185. The Morgan fingerprint density at radius 1 is 1.22 bits per heavy atom. The number of aromatic nitrogens is 3. The molecular formula is C16H17N5OS. The molecule has 7 heteroatoms. The number of fused-ring (bicyclic) bond motifs is 2. The number of urea groups is 1. The molecule has 23 heavy (non-hydrogen) atoms. The number of aryl methyl sites for hydroxylation is 1. The lowest BCUT2D eigenvalue weighted by molar-refractivity contribution is 0.239. The van der Waals surface area contributed by atoms with Crippen molar-refractivity contribution in [3.63, 3.8) is 0 Å². The van der Waals surface area contributed by atoms with Crippen molar-refractivity contribution in [2.75, 3.05) is 0 Å². The molecule has 2 aromatic heterocycles. The van der Waals surface area contributed by atoms with Gasteiger partial charge in [-0.15, -0.1) is 21.5 Å². The number of thiophene rings is 1. The molecule has 3 aromatic rings. The minimum Gasteiger partial charge on any atom is -0.334 e. The van der Waals surface area contributed by atoms with Gasteiger partial charge in [-0.1, -0.05) is 18.2 Å². The standard InChI is InChI=1S/C16H17N5OS/c22-16(18-9-15-20-19-14-6-3-7-21(14)15)17-8-11-10-23-13-5-2-1-4-12(11)13/h1-2,4-5,10H,3,6-9H2,(H2,17,18,22). The second kappa shape index (κ2) is 6.00. The van der Waals surface area contributed by atoms with Gasteiger partial charge in [0.2, 0.25) is 0 Å². The molecule has 0 saturated carbocycles. The van der Waals surface area contributed by atoms with E-state index in [0.717, 1.165) is 36.6 Å². The SMILES string of the molecule is O=C(NCc1csc2ccccc12)NCc1nnc2n1CCC2. The molecule has 0 saturated heterocycles. The third-order valence-electron chi connectivity index (χ3n) is 4.09. The smallest absolute Gasteiger partial charge is 0.315 e. The highest BCUT2D eigenvalue weighted by molar-refractivity contribution is 7.17. The quantitative estimate of drug-likeness (QED) is 0.773. The number of nitrogens with one attached hydrogen (secondary N) is 2. The first-order valence-corrected chi connectivity index (χ1v) is 8.57. The van der Waals surface area contributed by atoms with Crippen LogP contribution in [0.1, 0.15) is 23.6 Å². The van der Waals surface area contributed by atoms with E-state index in [0.29, 0.717) is 13.1 Å². The molecule has 0 radical (unpaired) electrons. The topological polar surface area (TPSA) is 71.8 Å². The summed E-state index contributed by atoms with van der Waals surface area (Å²) >= 11 is 1.70. The van der Waals surface area contributed by atoms with Crippen molar-refractivity contribution in [2.45, 2.75) is 32.5 Å². The number of benzene rings is 1. The van der Waals surface area contributed by atoms with Crippen molar-refractivity contribution in [1.82, 2.24) is 25.4 Å². The third kappa shape index (κ3) is 2.79. The van der Waals surface area contributed by atoms with E-state index in [-0.39, 0.29) is 6.03 Å². The first-order chi connectivity index (χ1) is 11.3. The molecule has 118 valence electrons. The van der Waals surface area contributed by atoms with Gasteiger partial charge in [0, 0.05) is 24.2 Å². The highest BCUT2D eigenvalue weighted by Crippen LogP contribution is 2.25. The zero-order chi connectivity index (χ0) is 15.6. The largest absolute Gasteiger partial charge is 0.334 e. The van der Waals surface area contributed by atoms with Gasteiger partial charge >= 0.3 is 6.03 Å². The van der Waals surface area contributed by atoms with Crippen LogP contribution in [0.15, 0.2) is 29.6 Å². The summed E-state index contributed by atoms with van der Waals surface area (Å²) in [4.78, 5) is 12.0. The van der Waals surface area contributed by atoms with Gasteiger partial charge in [0.15, 0.2) is 5.82 Å². The van der Waals surface area contributed by atoms with Crippen molar-refractivity contribution >= 4 is 27.5 Å². The number of carbonyl (C=O) groups excluding carboxylic acids is 1. The fourth-order valence-corrected chi connectivity index (χ4v) is 3.87. The van der Waals surface area contributed by atoms with E-state index in [2.05, 4.69) is 42.9 Å². The Labute approximate surface area is 137 Å². The average Bonchev–Trinajstić information content (AvgIpc) is 3.27. The van der Waals surface area contributed by atoms with E-state index >= 15 is 0 Å². The van der Waals surface area contributed by atoms with E-state index < -0.39 is 0 Å². The second-order valence-electron chi connectivity index (χ2n) is 5.58. The average molecular weight is 327 g/mol. The van der Waals surface area contributed by atoms with Crippen molar-refractivity contribution < 1.29 is 4.79 Å². The molecule has 2 N–H and O–H groups in total. The minimum atomic E-state index is -0.185. The molecule has 0 bridgehead atoms. The molecule has 6 nitrogen and oxygen atoms in total. The summed E-state index contributed by atoms with van der Waals surface area (Å²) in [5.41, 5.74) is 1.14. The molecule has 3 heterocycles. The Kier molecular flexibility index (Phi) is 3.70. The molecule has 0 unspecified atom stereocenters. The van der Waals surface area contributed by atoms with Crippen molar-refractivity contribution in [3.8, 4) is 0 Å². The van der Waals surface area contributed by atoms with Gasteiger partial charge in [-0.2, -0.15) is 0 Å². The number of carbonyl (C=O) groups is 1. The Morgan fingerprint density at radius 3 is 3.04 bits per heavy atom. The maximum Gasteiger partial charge on any atom is 0.315 e. The molecule has 0 fully saturated rings. The highest BCUT2D eigenvalue weighted by Gasteiger charge is 2.17. The van der Waals surface area contributed by atoms with E-state index in [4.69, 9.17) is 0 Å². The van der Waals surface area contributed by atoms with Crippen LogP contribution in [0.25, 0.3) is 10.1 Å². The zero-order valence-electron chi connectivity index (χ0n) is 12.6. The fraction of sp³-hybridized carbons (Fsp3) is 0.312. The Morgan fingerprint density at radius 2 is 2.09 bits per heavy atom. The number of rotatable bonds is 4. The third-order valence-corrected chi connectivity index (χ3v) is 5.11.